The van der Waals surface area contributed by atoms with Crippen molar-refractivity contribution >= 4 is 11.9 Å². The van der Waals surface area contributed by atoms with E-state index in [1.54, 1.807) is 13.2 Å². The number of carboxylic acid groups (broad SMARTS) is 1. The van der Waals surface area contributed by atoms with E-state index in [9.17, 15) is 14.7 Å². The number of carbonyl (C=O) groups is 2. The van der Waals surface area contributed by atoms with Gasteiger partial charge in [0.15, 0.2) is 11.5 Å². The van der Waals surface area contributed by atoms with Crippen LogP contribution in [0.4, 0.5) is 0 Å². The Kier molecular flexibility index (Phi) is 5.50. The highest BCUT2D eigenvalue weighted by atomic mass is 16.7. The van der Waals surface area contributed by atoms with E-state index in [-0.39, 0.29) is 25.2 Å². The first-order valence-corrected chi connectivity index (χ1v) is 9.73. The van der Waals surface area contributed by atoms with E-state index >= 15 is 0 Å². The van der Waals surface area contributed by atoms with Gasteiger partial charge in [-0.1, -0.05) is 18.2 Å². The van der Waals surface area contributed by atoms with E-state index in [0.29, 0.717) is 30.3 Å². The van der Waals surface area contributed by atoms with Crippen LogP contribution < -0.4 is 19.9 Å². The Balaban J connectivity index is 1.73. The monoisotopic (exact) mass is 412 g/mol. The standard InChI is InChI=1S/C22H24N2O6/c1-28-15-5-2-13(3-6-15)16-9-24(11-20(23)25)10-17(21(16)22(26)27)14-4-7-18-19(8-14)30-12-29-18/h2-8,16-17,21H,9-12H2,1H3,(H2,23,25)(H,26,27)/t16-,17?,21-/m1/s1. The van der Waals surface area contributed by atoms with Gasteiger partial charge < -0.3 is 25.1 Å². The molecule has 8 heteroatoms. The summed E-state index contributed by atoms with van der Waals surface area (Å²) in [6.07, 6.45) is 0. The summed E-state index contributed by atoms with van der Waals surface area (Å²) in [5, 5.41) is 10.2. The number of nitrogens with two attached hydrogens (primary N) is 1. The number of methoxy groups -OCH3 is 1. The lowest BCUT2D eigenvalue weighted by atomic mass is 9.71. The molecule has 1 amide bonds. The second-order valence-corrected chi connectivity index (χ2v) is 7.62. The lowest BCUT2D eigenvalue weighted by molar-refractivity contribution is -0.145. The number of fused-ring (bicyclic) bond motifs is 1. The van der Waals surface area contributed by atoms with Gasteiger partial charge in [0.2, 0.25) is 12.7 Å². The number of ether oxygens (including phenoxy) is 3. The molecular formula is C22H24N2O6. The van der Waals surface area contributed by atoms with Crippen LogP contribution >= 0.6 is 0 Å². The molecule has 0 radical (unpaired) electrons. The minimum Gasteiger partial charge on any atom is -0.497 e. The predicted octanol–water partition coefficient (Wildman–Crippen LogP) is 1.79. The van der Waals surface area contributed by atoms with Crippen LogP contribution in [0.2, 0.25) is 0 Å². The number of aliphatic carboxylic acids is 1. The first-order chi connectivity index (χ1) is 14.5. The van der Waals surface area contributed by atoms with Crippen LogP contribution in [-0.2, 0) is 9.59 Å². The summed E-state index contributed by atoms with van der Waals surface area (Å²) in [7, 11) is 1.58. The van der Waals surface area contributed by atoms with Crippen LogP contribution in [-0.4, -0.2) is 55.4 Å². The summed E-state index contributed by atoms with van der Waals surface area (Å²) < 4.78 is 16.1. The van der Waals surface area contributed by atoms with E-state index in [4.69, 9.17) is 19.9 Å². The summed E-state index contributed by atoms with van der Waals surface area (Å²) in [5.74, 6) is -0.731. The summed E-state index contributed by atoms with van der Waals surface area (Å²) in [5.41, 5.74) is 7.16. The van der Waals surface area contributed by atoms with Crippen LogP contribution in [0.5, 0.6) is 17.2 Å². The zero-order valence-electron chi connectivity index (χ0n) is 16.6. The van der Waals surface area contributed by atoms with E-state index < -0.39 is 17.8 Å². The summed E-state index contributed by atoms with van der Waals surface area (Å²) >= 11 is 0. The molecule has 4 rings (SSSR count). The van der Waals surface area contributed by atoms with Gasteiger partial charge in [0.1, 0.15) is 5.75 Å². The molecule has 30 heavy (non-hydrogen) atoms. The zero-order valence-corrected chi connectivity index (χ0v) is 16.6. The number of primary amides is 1. The van der Waals surface area contributed by atoms with E-state index in [1.165, 1.54) is 0 Å². The van der Waals surface area contributed by atoms with Gasteiger partial charge in [0, 0.05) is 24.9 Å². The molecule has 2 aliphatic rings. The SMILES string of the molecule is COc1ccc([C@H]2CN(CC(N)=O)CC(c3ccc4c(c3)OCO4)[C@@H]2C(=O)O)cc1. The van der Waals surface area contributed by atoms with Gasteiger partial charge in [0.05, 0.1) is 19.6 Å². The lowest BCUT2D eigenvalue weighted by Crippen LogP contribution is -2.49. The van der Waals surface area contributed by atoms with Gasteiger partial charge in [-0.3, -0.25) is 14.5 Å². The van der Waals surface area contributed by atoms with Crippen molar-refractivity contribution in [2.45, 2.75) is 11.8 Å². The maximum atomic E-state index is 12.4. The number of carboxylic acids is 1. The molecular weight excluding hydrogens is 388 g/mol. The maximum Gasteiger partial charge on any atom is 0.307 e. The van der Waals surface area contributed by atoms with Gasteiger partial charge in [-0.25, -0.2) is 0 Å². The fourth-order valence-corrected chi connectivity index (χ4v) is 4.45. The van der Waals surface area contributed by atoms with Crippen molar-refractivity contribution in [2.75, 3.05) is 33.5 Å². The minimum atomic E-state index is -0.878. The first kappa shape index (κ1) is 20.0. The molecule has 0 bridgehead atoms. The molecule has 158 valence electrons. The average molecular weight is 412 g/mol. The third kappa shape index (κ3) is 3.91. The molecule has 0 saturated carbocycles. The molecule has 3 atom stereocenters. The second kappa shape index (κ2) is 8.23. The van der Waals surface area contributed by atoms with Crippen molar-refractivity contribution in [3.63, 3.8) is 0 Å². The van der Waals surface area contributed by atoms with Crippen LogP contribution in [0.3, 0.4) is 0 Å². The summed E-state index contributed by atoms with van der Waals surface area (Å²) in [6.45, 7) is 1.05. The Morgan fingerprint density at radius 1 is 1.07 bits per heavy atom. The van der Waals surface area contributed by atoms with Crippen molar-refractivity contribution < 1.29 is 28.9 Å². The smallest absolute Gasteiger partial charge is 0.307 e. The maximum absolute atomic E-state index is 12.4. The Morgan fingerprint density at radius 2 is 1.70 bits per heavy atom. The van der Waals surface area contributed by atoms with E-state index in [2.05, 4.69) is 0 Å². The number of piperidine rings is 1. The van der Waals surface area contributed by atoms with Gasteiger partial charge in [-0.2, -0.15) is 0 Å². The van der Waals surface area contributed by atoms with E-state index in [1.807, 2.05) is 41.3 Å². The topological polar surface area (TPSA) is 111 Å². The quantitative estimate of drug-likeness (QED) is 0.744. The Bertz CT molecular complexity index is 945. The molecule has 1 saturated heterocycles. The highest BCUT2D eigenvalue weighted by Crippen LogP contribution is 2.44. The average Bonchev–Trinajstić information content (AvgIpc) is 3.20. The number of nitrogens with zero attached hydrogens (tertiary/aromatic N) is 1. The predicted molar refractivity (Wildman–Crippen MR) is 108 cm³/mol. The molecule has 2 aromatic carbocycles. The van der Waals surface area contributed by atoms with Crippen LogP contribution in [0.25, 0.3) is 0 Å². The molecule has 2 heterocycles. The van der Waals surface area contributed by atoms with Crippen molar-refractivity contribution in [1.29, 1.82) is 0 Å². The number of rotatable bonds is 6. The summed E-state index contributed by atoms with van der Waals surface area (Å²) in [6, 6.07) is 12.9. The fraction of sp³-hybridized carbons (Fsp3) is 0.364. The molecule has 0 aromatic heterocycles. The van der Waals surface area contributed by atoms with Crippen molar-refractivity contribution in [1.82, 2.24) is 4.90 Å². The molecule has 3 N–H and O–H groups in total. The molecule has 0 aliphatic carbocycles. The Hall–Kier alpha value is -3.26. The number of amides is 1. The van der Waals surface area contributed by atoms with Gasteiger partial charge in [-0.05, 0) is 35.4 Å². The van der Waals surface area contributed by atoms with Crippen LogP contribution in [0.15, 0.2) is 42.5 Å². The number of carbonyl (C=O) groups excluding carboxylic acids is 1. The molecule has 2 aromatic rings. The van der Waals surface area contributed by atoms with Crippen LogP contribution in [0, 0.1) is 5.92 Å². The lowest BCUT2D eigenvalue weighted by Gasteiger charge is -2.42. The highest BCUT2D eigenvalue weighted by Gasteiger charge is 2.43. The largest absolute Gasteiger partial charge is 0.497 e. The normalized spacial score (nSPS) is 23.2. The van der Waals surface area contributed by atoms with Gasteiger partial charge >= 0.3 is 5.97 Å². The minimum absolute atomic E-state index is 0.0695. The van der Waals surface area contributed by atoms with Crippen molar-refractivity contribution in [3.8, 4) is 17.2 Å². The first-order valence-electron chi connectivity index (χ1n) is 9.73. The summed E-state index contributed by atoms with van der Waals surface area (Å²) in [4.78, 5) is 26.0. The molecule has 1 fully saturated rings. The van der Waals surface area contributed by atoms with Crippen molar-refractivity contribution in [3.05, 3.63) is 53.6 Å². The fourth-order valence-electron chi connectivity index (χ4n) is 4.45. The molecule has 2 aliphatic heterocycles. The molecule has 0 spiro atoms. The van der Waals surface area contributed by atoms with Crippen molar-refractivity contribution in [2.24, 2.45) is 11.7 Å². The Labute approximate surface area is 174 Å². The zero-order chi connectivity index (χ0) is 21.3. The van der Waals surface area contributed by atoms with Gasteiger partial charge in [-0.15, -0.1) is 0 Å². The van der Waals surface area contributed by atoms with Crippen LogP contribution in [0.1, 0.15) is 23.0 Å². The van der Waals surface area contributed by atoms with E-state index in [0.717, 1.165) is 11.1 Å². The second-order valence-electron chi connectivity index (χ2n) is 7.62. The number of likely N-dealkylation sites (tertiary alicyclic amines) is 1. The number of hydrogen-bond donors (Lipinski definition) is 2. The number of hydrogen-bond acceptors (Lipinski definition) is 6. The van der Waals surface area contributed by atoms with Gasteiger partial charge in [0.25, 0.3) is 0 Å². The Morgan fingerprint density at radius 3 is 2.33 bits per heavy atom. The third-order valence-electron chi connectivity index (χ3n) is 5.81. The third-order valence-corrected chi connectivity index (χ3v) is 5.81. The molecule has 1 unspecified atom stereocenters. The molecule has 8 nitrogen and oxygen atoms in total. The number of benzene rings is 2. The highest BCUT2D eigenvalue weighted by molar-refractivity contribution is 5.76.